The molecule has 0 amide bonds. The van der Waals surface area contributed by atoms with Crippen molar-refractivity contribution in [3.8, 4) is 0 Å². The van der Waals surface area contributed by atoms with Crippen LogP contribution < -0.4 is 16.0 Å². The van der Waals surface area contributed by atoms with E-state index in [4.69, 9.17) is 0 Å². The second kappa shape index (κ2) is 10.9. The van der Waals surface area contributed by atoms with Crippen LogP contribution in [-0.4, -0.2) is 57.0 Å². The Hall–Kier alpha value is -1.83. The van der Waals surface area contributed by atoms with E-state index >= 15 is 0 Å². The summed E-state index contributed by atoms with van der Waals surface area (Å²) in [7, 11) is 0. The molecule has 0 saturated heterocycles. The summed E-state index contributed by atoms with van der Waals surface area (Å²) >= 11 is 0. The van der Waals surface area contributed by atoms with Crippen LogP contribution in [0.3, 0.4) is 0 Å². The first-order valence-corrected chi connectivity index (χ1v) is 8.59. The Bertz CT molecular complexity index is 518. The molecule has 1 aromatic carbocycles. The van der Waals surface area contributed by atoms with Crippen molar-refractivity contribution in [1.82, 2.24) is 16.0 Å². The van der Waals surface area contributed by atoms with E-state index in [2.05, 4.69) is 20.9 Å². The second-order valence-corrected chi connectivity index (χ2v) is 6.05. The van der Waals surface area contributed by atoms with Crippen LogP contribution in [0.4, 0.5) is 5.69 Å². The highest BCUT2D eigenvalue weighted by atomic mass is 16.6. The van der Waals surface area contributed by atoms with E-state index in [-0.39, 0.29) is 10.6 Å². The Morgan fingerprint density at radius 2 is 1.83 bits per heavy atom. The Morgan fingerprint density at radius 1 is 1.08 bits per heavy atom. The maximum Gasteiger partial charge on any atom is 0.269 e. The van der Waals surface area contributed by atoms with Gasteiger partial charge in [-0.3, -0.25) is 15.1 Å². The highest BCUT2D eigenvalue weighted by molar-refractivity contribution is 5.59. The number of aliphatic imine (C=N–C) groups is 1. The molecule has 0 fully saturated rings. The number of non-ortho nitro benzene ring substituents is 1. The minimum Gasteiger partial charge on any atom is -0.315 e. The zero-order chi connectivity index (χ0) is 17.0. The fraction of sp³-hybridized carbons (Fsp3) is 0.588. The maximum absolute atomic E-state index is 10.7. The fourth-order valence-corrected chi connectivity index (χ4v) is 2.71. The summed E-state index contributed by atoms with van der Waals surface area (Å²) in [6, 6.07) is 6.87. The van der Waals surface area contributed by atoms with Crippen LogP contribution in [0.2, 0.25) is 0 Å². The number of hydrogen-bond acceptors (Lipinski definition) is 6. The maximum atomic E-state index is 10.7. The normalized spacial score (nSPS) is 21.1. The SMILES string of the molecule is O=[N+]([O-])c1ccc(CC2CNCC=NCCCNCCNC2)cc1. The second-order valence-electron chi connectivity index (χ2n) is 6.05. The summed E-state index contributed by atoms with van der Waals surface area (Å²) < 4.78 is 0. The minimum atomic E-state index is -0.360. The molecule has 1 aliphatic rings. The van der Waals surface area contributed by atoms with E-state index < -0.39 is 0 Å². The van der Waals surface area contributed by atoms with Crippen molar-refractivity contribution in [3.05, 3.63) is 39.9 Å². The molecule has 1 unspecified atom stereocenters. The third-order valence-corrected chi connectivity index (χ3v) is 4.02. The Morgan fingerprint density at radius 3 is 2.62 bits per heavy atom. The van der Waals surface area contributed by atoms with Crippen LogP contribution in [0.1, 0.15) is 12.0 Å². The van der Waals surface area contributed by atoms with Gasteiger partial charge >= 0.3 is 0 Å². The van der Waals surface area contributed by atoms with Gasteiger partial charge in [0.05, 0.1) is 4.92 Å². The first-order chi connectivity index (χ1) is 11.8. The summed E-state index contributed by atoms with van der Waals surface area (Å²) in [6.07, 6.45) is 3.91. The van der Waals surface area contributed by atoms with Crippen molar-refractivity contribution in [3.63, 3.8) is 0 Å². The van der Waals surface area contributed by atoms with Crippen LogP contribution >= 0.6 is 0 Å². The molecule has 0 aliphatic carbocycles. The fourth-order valence-electron chi connectivity index (χ4n) is 2.71. The zero-order valence-electron chi connectivity index (χ0n) is 14.0. The predicted octanol–water partition coefficient (Wildman–Crippen LogP) is 0.997. The van der Waals surface area contributed by atoms with Crippen LogP contribution in [-0.2, 0) is 6.42 Å². The monoisotopic (exact) mass is 333 g/mol. The van der Waals surface area contributed by atoms with Crippen molar-refractivity contribution in [2.75, 3.05) is 45.8 Å². The third-order valence-electron chi connectivity index (χ3n) is 4.02. The zero-order valence-corrected chi connectivity index (χ0v) is 14.0. The number of nitrogens with zero attached hydrogens (tertiary/aromatic N) is 2. The van der Waals surface area contributed by atoms with Gasteiger partial charge in [-0.25, -0.2) is 0 Å². The number of nitro groups is 1. The van der Waals surface area contributed by atoms with Crippen molar-refractivity contribution in [2.45, 2.75) is 12.8 Å². The molecule has 0 aromatic heterocycles. The Balaban J connectivity index is 1.88. The summed E-state index contributed by atoms with van der Waals surface area (Å²) in [6.45, 7) is 6.37. The van der Waals surface area contributed by atoms with Crippen LogP contribution in [0.5, 0.6) is 0 Å². The van der Waals surface area contributed by atoms with Crippen molar-refractivity contribution >= 4 is 11.9 Å². The van der Waals surface area contributed by atoms with E-state index in [9.17, 15) is 10.1 Å². The van der Waals surface area contributed by atoms with Crippen molar-refractivity contribution < 1.29 is 4.92 Å². The molecule has 1 aliphatic heterocycles. The molecule has 7 heteroatoms. The molecule has 0 saturated carbocycles. The molecule has 7 nitrogen and oxygen atoms in total. The van der Waals surface area contributed by atoms with Gasteiger partial charge in [0.2, 0.25) is 0 Å². The van der Waals surface area contributed by atoms with Crippen molar-refractivity contribution in [2.24, 2.45) is 10.9 Å². The standard InChI is InChI=1S/C17H27N5O2/c23-22(24)17-4-2-15(3-5-17)12-16-13-20-10-8-18-6-1-7-19-9-11-21-14-16/h2-5,8,16,19-21H,1,6-7,9-14H2. The molecule has 1 aromatic rings. The van der Waals surface area contributed by atoms with Gasteiger partial charge < -0.3 is 16.0 Å². The molecular formula is C17H27N5O2. The number of nitro benzene ring substituents is 1. The van der Waals surface area contributed by atoms with Gasteiger partial charge in [0.1, 0.15) is 0 Å². The molecule has 132 valence electrons. The lowest BCUT2D eigenvalue weighted by Crippen LogP contribution is -2.36. The van der Waals surface area contributed by atoms with E-state index in [1.807, 2.05) is 18.3 Å². The van der Waals surface area contributed by atoms with Gasteiger partial charge in [0, 0.05) is 44.5 Å². The summed E-state index contributed by atoms with van der Waals surface area (Å²) in [4.78, 5) is 14.8. The number of nitrogens with one attached hydrogen (secondary N) is 3. The van der Waals surface area contributed by atoms with Gasteiger partial charge in [-0.15, -0.1) is 0 Å². The highest BCUT2D eigenvalue weighted by Gasteiger charge is 2.11. The van der Waals surface area contributed by atoms with Crippen LogP contribution in [0, 0.1) is 16.0 Å². The van der Waals surface area contributed by atoms with Gasteiger partial charge in [-0.2, -0.15) is 0 Å². The van der Waals surface area contributed by atoms with E-state index in [1.54, 1.807) is 12.1 Å². The molecule has 1 heterocycles. The summed E-state index contributed by atoms with van der Waals surface area (Å²) in [5.41, 5.74) is 1.27. The number of benzene rings is 1. The molecule has 24 heavy (non-hydrogen) atoms. The molecule has 2 rings (SSSR count). The average molecular weight is 333 g/mol. The summed E-state index contributed by atoms with van der Waals surface area (Å²) in [5, 5.41) is 21.1. The van der Waals surface area contributed by atoms with E-state index in [0.717, 1.165) is 64.2 Å². The molecular weight excluding hydrogens is 306 g/mol. The summed E-state index contributed by atoms with van der Waals surface area (Å²) in [5.74, 6) is 0.433. The van der Waals surface area contributed by atoms with Crippen molar-refractivity contribution in [1.29, 1.82) is 0 Å². The minimum absolute atomic E-state index is 0.142. The highest BCUT2D eigenvalue weighted by Crippen LogP contribution is 2.14. The van der Waals surface area contributed by atoms with E-state index in [1.165, 1.54) is 0 Å². The molecule has 0 spiro atoms. The quantitative estimate of drug-likeness (QED) is 0.567. The van der Waals surface area contributed by atoms with Gasteiger partial charge in [-0.05, 0) is 44.0 Å². The Labute approximate surface area is 143 Å². The van der Waals surface area contributed by atoms with Gasteiger partial charge in [0.15, 0.2) is 0 Å². The van der Waals surface area contributed by atoms with Crippen LogP contribution in [0.25, 0.3) is 0 Å². The van der Waals surface area contributed by atoms with Crippen LogP contribution in [0.15, 0.2) is 29.3 Å². The number of rotatable bonds is 3. The first-order valence-electron chi connectivity index (χ1n) is 8.59. The lowest BCUT2D eigenvalue weighted by Gasteiger charge is -2.18. The van der Waals surface area contributed by atoms with E-state index in [0.29, 0.717) is 5.92 Å². The molecule has 3 N–H and O–H groups in total. The molecule has 1 atom stereocenters. The molecule has 0 radical (unpaired) electrons. The first kappa shape index (κ1) is 18.5. The third kappa shape index (κ3) is 7.16. The number of hydrogen-bond donors (Lipinski definition) is 3. The molecule has 0 bridgehead atoms. The lowest BCUT2D eigenvalue weighted by atomic mass is 9.99. The lowest BCUT2D eigenvalue weighted by molar-refractivity contribution is -0.384. The smallest absolute Gasteiger partial charge is 0.269 e. The Kier molecular flexibility index (Phi) is 8.37. The van der Waals surface area contributed by atoms with Gasteiger partial charge in [0.25, 0.3) is 5.69 Å². The average Bonchev–Trinajstić information content (AvgIpc) is 2.58. The topological polar surface area (TPSA) is 91.6 Å². The van der Waals surface area contributed by atoms with Gasteiger partial charge in [-0.1, -0.05) is 12.1 Å². The predicted molar refractivity (Wildman–Crippen MR) is 96.9 cm³/mol. The largest absolute Gasteiger partial charge is 0.315 e.